The van der Waals surface area contributed by atoms with Gasteiger partial charge in [0.05, 0.1) is 31.5 Å². The second-order valence-corrected chi connectivity index (χ2v) is 10.1. The van der Waals surface area contributed by atoms with Crippen LogP contribution in [0.25, 0.3) is 0 Å². The molecule has 39 heavy (non-hydrogen) atoms. The summed E-state index contributed by atoms with van der Waals surface area (Å²) in [4.78, 5) is 26.3. The van der Waals surface area contributed by atoms with Crippen LogP contribution >= 0.6 is 0 Å². The molecule has 2 saturated heterocycles. The van der Waals surface area contributed by atoms with Gasteiger partial charge in [-0.05, 0) is 39.0 Å². The molecule has 5 N–H and O–H groups in total. The van der Waals surface area contributed by atoms with Crippen LogP contribution in [0.5, 0.6) is 0 Å². The van der Waals surface area contributed by atoms with Gasteiger partial charge in [0.25, 0.3) is 0 Å². The lowest BCUT2D eigenvalue weighted by atomic mass is 9.92. The molecule has 2 amide bonds. The average Bonchev–Trinajstić information content (AvgIpc) is 3.36. The minimum Gasteiger partial charge on any atom is -0.394 e. The van der Waals surface area contributed by atoms with Crippen molar-refractivity contribution in [2.45, 2.75) is 122 Å². The number of hydrogen-bond acceptors (Lipinski definition) is 9. The summed E-state index contributed by atoms with van der Waals surface area (Å²) in [6, 6.07) is -0.153. The first-order valence-electron chi connectivity index (χ1n) is 14.8. The largest absolute Gasteiger partial charge is 0.394 e. The van der Waals surface area contributed by atoms with Crippen LogP contribution < -0.4 is 5.32 Å². The van der Waals surface area contributed by atoms with Crippen molar-refractivity contribution in [3.63, 3.8) is 0 Å². The Morgan fingerprint density at radius 1 is 0.949 bits per heavy atom. The van der Waals surface area contributed by atoms with Crippen molar-refractivity contribution in [2.75, 3.05) is 39.5 Å². The minimum absolute atomic E-state index is 0.00656. The van der Waals surface area contributed by atoms with Gasteiger partial charge >= 0.3 is 0 Å². The van der Waals surface area contributed by atoms with E-state index in [9.17, 15) is 30.0 Å². The van der Waals surface area contributed by atoms with Crippen LogP contribution in [-0.4, -0.2) is 113 Å². The van der Waals surface area contributed by atoms with Gasteiger partial charge < -0.3 is 44.9 Å². The van der Waals surface area contributed by atoms with Crippen LogP contribution in [0.2, 0.25) is 0 Å². The maximum atomic E-state index is 12.5. The monoisotopic (exact) mass is 562 g/mol. The molecule has 0 spiro atoms. The number of nitrogens with one attached hydrogen (secondary N) is 1. The van der Waals surface area contributed by atoms with Gasteiger partial charge in [-0.1, -0.05) is 33.6 Å². The molecule has 0 aromatic heterocycles. The second kappa shape index (κ2) is 20.5. The highest BCUT2D eigenvalue weighted by atomic mass is 16.7. The topological polar surface area (TPSA) is 158 Å². The Hall–Kier alpha value is -1.34. The summed E-state index contributed by atoms with van der Waals surface area (Å²) in [7, 11) is 0. The number of ether oxygens (including phenoxy) is 3. The van der Waals surface area contributed by atoms with Crippen molar-refractivity contribution in [1.29, 1.82) is 0 Å². The lowest BCUT2D eigenvalue weighted by molar-refractivity contribution is -0.282. The molecule has 0 saturated carbocycles. The third-order valence-electron chi connectivity index (χ3n) is 7.22. The van der Waals surface area contributed by atoms with E-state index in [4.69, 9.17) is 14.2 Å². The van der Waals surface area contributed by atoms with E-state index in [1.165, 1.54) is 0 Å². The van der Waals surface area contributed by atoms with E-state index in [1.54, 1.807) is 11.8 Å². The average molecular weight is 563 g/mol. The van der Waals surface area contributed by atoms with Crippen molar-refractivity contribution < 1.29 is 44.2 Å². The Morgan fingerprint density at radius 3 is 2.31 bits per heavy atom. The first-order valence-corrected chi connectivity index (χ1v) is 14.8. The predicted octanol–water partition coefficient (Wildman–Crippen LogP) is 1.34. The smallest absolute Gasteiger partial charge is 0.222 e. The number of aliphatic hydroxyl groups excluding tert-OH is 4. The molecule has 7 atom stereocenters. The summed E-state index contributed by atoms with van der Waals surface area (Å²) in [5.74, 6) is -0.346. The van der Waals surface area contributed by atoms with Gasteiger partial charge in [0, 0.05) is 45.1 Å². The van der Waals surface area contributed by atoms with E-state index >= 15 is 0 Å². The van der Waals surface area contributed by atoms with Gasteiger partial charge in [-0.2, -0.15) is 0 Å². The molecule has 2 unspecified atom stereocenters. The molecule has 0 aromatic carbocycles. The molecule has 2 heterocycles. The number of rotatable bonds is 17. The number of unbranched alkanes of at least 4 members (excludes halogenated alkanes) is 4. The van der Waals surface area contributed by atoms with Crippen molar-refractivity contribution in [2.24, 2.45) is 5.92 Å². The highest BCUT2D eigenvalue weighted by molar-refractivity contribution is 5.77. The molecule has 2 aliphatic rings. The lowest BCUT2D eigenvalue weighted by Crippen LogP contribution is -2.55. The molecule has 0 aliphatic carbocycles. The van der Waals surface area contributed by atoms with E-state index in [0.717, 1.165) is 38.5 Å². The van der Waals surface area contributed by atoms with E-state index in [-0.39, 0.29) is 30.6 Å². The normalized spacial score (nSPS) is 28.6. The zero-order valence-electron chi connectivity index (χ0n) is 24.4. The Bertz CT molecular complexity index is 667. The van der Waals surface area contributed by atoms with Crippen LogP contribution in [0.1, 0.15) is 85.5 Å². The van der Waals surface area contributed by atoms with Gasteiger partial charge in [0.1, 0.15) is 12.2 Å². The van der Waals surface area contributed by atoms with Crippen molar-refractivity contribution in [3.8, 4) is 0 Å². The summed E-state index contributed by atoms with van der Waals surface area (Å²) in [5.41, 5.74) is 0. The third kappa shape index (κ3) is 12.4. The van der Waals surface area contributed by atoms with Crippen molar-refractivity contribution in [1.82, 2.24) is 10.2 Å². The fourth-order valence-corrected chi connectivity index (χ4v) is 4.92. The summed E-state index contributed by atoms with van der Waals surface area (Å²) in [5, 5.41) is 41.7. The van der Waals surface area contributed by atoms with Crippen LogP contribution in [0.4, 0.5) is 0 Å². The van der Waals surface area contributed by atoms with E-state index in [2.05, 4.69) is 5.32 Å². The first-order chi connectivity index (χ1) is 18.8. The van der Waals surface area contributed by atoms with Crippen LogP contribution in [-0.2, 0) is 23.8 Å². The predicted molar refractivity (Wildman–Crippen MR) is 147 cm³/mol. The van der Waals surface area contributed by atoms with E-state index in [1.807, 2.05) is 20.8 Å². The summed E-state index contributed by atoms with van der Waals surface area (Å²) < 4.78 is 16.8. The summed E-state index contributed by atoms with van der Waals surface area (Å²) in [6.07, 6.45) is 2.55. The zero-order valence-corrected chi connectivity index (χ0v) is 24.4. The van der Waals surface area contributed by atoms with Crippen LogP contribution in [0.15, 0.2) is 0 Å². The van der Waals surface area contributed by atoms with Crippen LogP contribution in [0.3, 0.4) is 0 Å². The quantitative estimate of drug-likeness (QED) is 0.165. The Labute approximate surface area is 234 Å². The van der Waals surface area contributed by atoms with Gasteiger partial charge in [-0.15, -0.1) is 0 Å². The molecular weight excluding hydrogens is 508 g/mol. The van der Waals surface area contributed by atoms with Crippen molar-refractivity contribution >= 4 is 11.8 Å². The molecule has 11 nitrogen and oxygen atoms in total. The number of carbonyl (C=O) groups excluding carboxylic acids is 2. The highest BCUT2D eigenvalue weighted by Crippen LogP contribution is 2.27. The molecule has 0 radical (unpaired) electrons. The zero-order chi connectivity index (χ0) is 29.2. The first kappa shape index (κ1) is 35.7. The Morgan fingerprint density at radius 2 is 1.64 bits per heavy atom. The minimum atomic E-state index is -1.13. The number of carbonyl (C=O) groups is 2. The number of hydrogen-bond donors (Lipinski definition) is 5. The van der Waals surface area contributed by atoms with Gasteiger partial charge in [-0.3, -0.25) is 9.59 Å². The molecule has 11 heteroatoms. The van der Waals surface area contributed by atoms with Gasteiger partial charge in [0.2, 0.25) is 11.8 Å². The highest BCUT2D eigenvalue weighted by Gasteiger charge is 2.42. The molecule has 2 rings (SSSR count). The molecule has 0 aromatic rings. The van der Waals surface area contributed by atoms with Gasteiger partial charge in [-0.25, -0.2) is 0 Å². The number of aliphatic hydroxyl groups is 4. The fourth-order valence-electron chi connectivity index (χ4n) is 4.92. The Balaban J connectivity index is 0.00000371. The molecule has 230 valence electrons. The van der Waals surface area contributed by atoms with Crippen molar-refractivity contribution in [3.05, 3.63) is 0 Å². The van der Waals surface area contributed by atoms with E-state index in [0.29, 0.717) is 45.6 Å². The molecule has 0 bridgehead atoms. The third-order valence-corrected chi connectivity index (χ3v) is 7.22. The summed E-state index contributed by atoms with van der Waals surface area (Å²) in [6.45, 7) is 9.36. The van der Waals surface area contributed by atoms with Gasteiger partial charge in [0.15, 0.2) is 6.29 Å². The number of amides is 2. The Kier molecular flexibility index (Phi) is 18.8. The maximum absolute atomic E-state index is 12.5. The SMILES string of the molecule is CC.CCO[C@@H]1C[C@@H](CO)N(C(=O)CCCCCNC(=O)CCCCCO[C@@H]2OC(CO)[C@H](O)[C@H](O)C2C)C1. The number of likely N-dealkylation sites (tertiary alicyclic amines) is 1. The number of nitrogens with zero attached hydrogens (tertiary/aromatic N) is 1. The second-order valence-electron chi connectivity index (χ2n) is 10.1. The fraction of sp³-hybridized carbons (Fsp3) is 0.929. The maximum Gasteiger partial charge on any atom is 0.222 e. The molecule has 2 fully saturated rings. The van der Waals surface area contributed by atoms with Crippen LogP contribution in [0, 0.1) is 5.92 Å². The molecule has 2 aliphatic heterocycles. The summed E-state index contributed by atoms with van der Waals surface area (Å²) >= 11 is 0. The molecular formula is C28H54N2O9. The lowest BCUT2D eigenvalue weighted by Gasteiger charge is -2.40. The standard InChI is InChI=1S/C26H48N2O9.C2H6/c1-3-35-20-14-19(16-29)28(15-20)23(32)11-7-4-8-12-27-22(31)10-6-5-9-13-36-26-18(2)24(33)25(34)21(17-30)37-26;1-2/h18-21,24-26,29-30,33-34H,3-17H2,1-2H3,(H,27,31);1-2H3/t18?,19-,20+,21?,24+,25-,26+;/m0./s1. The van der Waals surface area contributed by atoms with E-state index < -0.39 is 37.1 Å².